The summed E-state index contributed by atoms with van der Waals surface area (Å²) < 4.78 is 5.32. The molecule has 1 saturated heterocycles. The van der Waals surface area contributed by atoms with Gasteiger partial charge in [0, 0.05) is 24.3 Å². The number of amides is 1. The monoisotopic (exact) mass is 328 g/mol. The standard InChI is InChI=1S/C18H20N2O4/c1-12-5-6-13-3-2-4-14(16(13)19-12)17(23)20-18(11-15(21)22)7-9-24-10-8-18/h2-6H,7-11H2,1H3,(H,20,23)(H,21,22). The molecule has 2 N–H and O–H groups in total. The number of nitrogens with one attached hydrogen (secondary N) is 1. The summed E-state index contributed by atoms with van der Waals surface area (Å²) in [6.45, 7) is 2.76. The lowest BCUT2D eigenvalue weighted by Gasteiger charge is -2.36. The largest absolute Gasteiger partial charge is 0.481 e. The Morgan fingerprint density at radius 2 is 2.00 bits per heavy atom. The number of carboxylic acid groups (broad SMARTS) is 1. The Morgan fingerprint density at radius 3 is 2.71 bits per heavy atom. The zero-order valence-corrected chi connectivity index (χ0v) is 13.5. The predicted octanol–water partition coefficient (Wildman–Crippen LogP) is 2.30. The van der Waals surface area contributed by atoms with Crippen molar-refractivity contribution >= 4 is 22.8 Å². The predicted molar refractivity (Wildman–Crippen MR) is 89.0 cm³/mol. The summed E-state index contributed by atoms with van der Waals surface area (Å²) in [7, 11) is 0. The summed E-state index contributed by atoms with van der Waals surface area (Å²) in [5.74, 6) is -1.22. The molecule has 1 fully saturated rings. The Labute approximate surface area is 139 Å². The van der Waals surface area contributed by atoms with Crippen LogP contribution in [0.3, 0.4) is 0 Å². The van der Waals surface area contributed by atoms with Gasteiger partial charge in [-0.1, -0.05) is 18.2 Å². The Kier molecular flexibility index (Phi) is 4.49. The zero-order chi connectivity index (χ0) is 17.2. The highest BCUT2D eigenvalue weighted by Crippen LogP contribution is 2.26. The number of aliphatic carboxylic acids is 1. The van der Waals surface area contributed by atoms with Gasteiger partial charge in [-0.3, -0.25) is 14.6 Å². The summed E-state index contributed by atoms with van der Waals surface area (Å²) in [4.78, 5) is 28.6. The minimum absolute atomic E-state index is 0.112. The van der Waals surface area contributed by atoms with Crippen molar-refractivity contribution in [2.75, 3.05) is 13.2 Å². The number of aryl methyl sites for hydroxylation is 1. The van der Waals surface area contributed by atoms with Crippen molar-refractivity contribution in [3.8, 4) is 0 Å². The van der Waals surface area contributed by atoms with Gasteiger partial charge < -0.3 is 15.2 Å². The van der Waals surface area contributed by atoms with E-state index in [2.05, 4.69) is 10.3 Å². The van der Waals surface area contributed by atoms with Crippen molar-refractivity contribution in [2.24, 2.45) is 0 Å². The Morgan fingerprint density at radius 1 is 1.25 bits per heavy atom. The smallest absolute Gasteiger partial charge is 0.305 e. The number of nitrogens with zero attached hydrogens (tertiary/aromatic N) is 1. The minimum atomic E-state index is -0.927. The van der Waals surface area contributed by atoms with E-state index in [1.165, 1.54) is 0 Å². The summed E-state index contributed by atoms with van der Waals surface area (Å²) in [6.07, 6.45) is 0.865. The average Bonchev–Trinajstić information content (AvgIpc) is 2.54. The summed E-state index contributed by atoms with van der Waals surface area (Å²) >= 11 is 0. The molecule has 3 rings (SSSR count). The first-order valence-corrected chi connectivity index (χ1v) is 7.98. The van der Waals surface area contributed by atoms with Crippen LogP contribution in [0, 0.1) is 6.92 Å². The van der Waals surface area contributed by atoms with Crippen molar-refractivity contribution in [3.63, 3.8) is 0 Å². The van der Waals surface area contributed by atoms with Crippen LogP contribution in [-0.2, 0) is 9.53 Å². The highest BCUT2D eigenvalue weighted by atomic mass is 16.5. The highest BCUT2D eigenvalue weighted by molar-refractivity contribution is 6.05. The molecule has 1 aliphatic heterocycles. The molecule has 0 atom stereocenters. The summed E-state index contributed by atoms with van der Waals surface area (Å²) in [6, 6.07) is 9.25. The first-order valence-electron chi connectivity index (χ1n) is 7.98. The third-order valence-electron chi connectivity index (χ3n) is 4.42. The second-order valence-electron chi connectivity index (χ2n) is 6.25. The van der Waals surface area contributed by atoms with Crippen LogP contribution < -0.4 is 5.32 Å². The van der Waals surface area contributed by atoms with Crippen LogP contribution in [0.1, 0.15) is 35.3 Å². The molecule has 0 aliphatic carbocycles. The third-order valence-corrected chi connectivity index (χ3v) is 4.42. The second kappa shape index (κ2) is 6.57. The maximum atomic E-state index is 12.8. The molecule has 0 bridgehead atoms. The molecule has 126 valence electrons. The number of hydrogen-bond donors (Lipinski definition) is 2. The van der Waals surface area contributed by atoms with Crippen molar-refractivity contribution < 1.29 is 19.4 Å². The Bertz CT molecular complexity index is 782. The van der Waals surface area contributed by atoms with E-state index in [4.69, 9.17) is 4.74 Å². The van der Waals surface area contributed by atoms with Crippen molar-refractivity contribution in [1.82, 2.24) is 10.3 Å². The van der Waals surface area contributed by atoms with Gasteiger partial charge in [0.15, 0.2) is 0 Å². The molecule has 2 heterocycles. The van der Waals surface area contributed by atoms with Crippen LogP contribution in [-0.4, -0.2) is 40.7 Å². The van der Waals surface area contributed by atoms with Crippen LogP contribution in [0.25, 0.3) is 10.9 Å². The fourth-order valence-electron chi connectivity index (χ4n) is 3.13. The molecule has 6 nitrogen and oxygen atoms in total. The molecule has 1 aromatic carbocycles. The number of carbonyl (C=O) groups excluding carboxylic acids is 1. The first kappa shape index (κ1) is 16.4. The molecule has 0 spiro atoms. The van der Waals surface area contributed by atoms with Crippen molar-refractivity contribution in [2.45, 2.75) is 31.7 Å². The van der Waals surface area contributed by atoms with E-state index >= 15 is 0 Å². The van der Waals surface area contributed by atoms with Crippen LogP contribution in [0.5, 0.6) is 0 Å². The lowest BCUT2D eigenvalue weighted by Crippen LogP contribution is -2.53. The Balaban J connectivity index is 1.93. The van der Waals surface area contributed by atoms with E-state index in [0.717, 1.165) is 11.1 Å². The number of carboxylic acids is 1. The number of benzene rings is 1. The van der Waals surface area contributed by atoms with Gasteiger partial charge in [0.2, 0.25) is 0 Å². The van der Waals surface area contributed by atoms with E-state index in [1.54, 1.807) is 6.07 Å². The molecule has 0 radical (unpaired) electrons. The lowest BCUT2D eigenvalue weighted by atomic mass is 9.86. The highest BCUT2D eigenvalue weighted by Gasteiger charge is 2.37. The number of ether oxygens (including phenoxy) is 1. The molecule has 0 unspecified atom stereocenters. The SMILES string of the molecule is Cc1ccc2cccc(C(=O)NC3(CC(=O)O)CCOCC3)c2n1. The molecule has 1 amide bonds. The normalized spacial score (nSPS) is 16.7. The number of aromatic nitrogens is 1. The molecule has 6 heteroatoms. The molecule has 1 aliphatic rings. The number of para-hydroxylation sites is 1. The molecular weight excluding hydrogens is 308 g/mol. The number of carbonyl (C=O) groups is 2. The van der Waals surface area contributed by atoms with Crippen molar-refractivity contribution in [1.29, 1.82) is 0 Å². The topological polar surface area (TPSA) is 88.5 Å². The summed E-state index contributed by atoms with van der Waals surface area (Å²) in [5, 5.41) is 13.1. The molecular formula is C18H20N2O4. The van der Waals surface area contributed by atoms with Gasteiger partial charge in [-0.25, -0.2) is 0 Å². The minimum Gasteiger partial charge on any atom is -0.481 e. The second-order valence-corrected chi connectivity index (χ2v) is 6.25. The van der Waals surface area contributed by atoms with Crippen LogP contribution >= 0.6 is 0 Å². The van der Waals surface area contributed by atoms with E-state index < -0.39 is 11.5 Å². The van der Waals surface area contributed by atoms with Crippen LogP contribution in [0.4, 0.5) is 0 Å². The maximum Gasteiger partial charge on any atom is 0.305 e. The van der Waals surface area contributed by atoms with E-state index in [9.17, 15) is 14.7 Å². The van der Waals surface area contributed by atoms with Gasteiger partial charge in [0.05, 0.1) is 23.0 Å². The van der Waals surface area contributed by atoms with Gasteiger partial charge in [-0.15, -0.1) is 0 Å². The number of rotatable bonds is 4. The van der Waals surface area contributed by atoms with Gasteiger partial charge in [-0.2, -0.15) is 0 Å². The number of hydrogen-bond acceptors (Lipinski definition) is 4. The fraction of sp³-hybridized carbons (Fsp3) is 0.389. The van der Waals surface area contributed by atoms with E-state index in [1.807, 2.05) is 31.2 Å². The summed E-state index contributed by atoms with van der Waals surface area (Å²) in [5.41, 5.74) is 1.15. The number of fused-ring (bicyclic) bond motifs is 1. The van der Waals surface area contributed by atoms with Gasteiger partial charge in [0.25, 0.3) is 5.91 Å². The average molecular weight is 328 g/mol. The molecule has 0 saturated carbocycles. The molecule has 2 aromatic rings. The van der Waals surface area contributed by atoms with Gasteiger partial charge in [-0.05, 0) is 31.9 Å². The fourth-order valence-corrected chi connectivity index (χ4v) is 3.13. The first-order chi connectivity index (χ1) is 11.5. The maximum absolute atomic E-state index is 12.8. The third kappa shape index (κ3) is 3.38. The Hall–Kier alpha value is -2.47. The van der Waals surface area contributed by atoms with Crippen LogP contribution in [0.2, 0.25) is 0 Å². The van der Waals surface area contributed by atoms with Gasteiger partial charge >= 0.3 is 5.97 Å². The lowest BCUT2D eigenvalue weighted by molar-refractivity contribution is -0.139. The number of pyridine rings is 1. The van der Waals surface area contributed by atoms with E-state index in [-0.39, 0.29) is 12.3 Å². The molecule has 24 heavy (non-hydrogen) atoms. The zero-order valence-electron chi connectivity index (χ0n) is 13.5. The van der Waals surface area contributed by atoms with Crippen molar-refractivity contribution in [3.05, 3.63) is 41.6 Å². The van der Waals surface area contributed by atoms with E-state index in [0.29, 0.717) is 37.1 Å². The van der Waals surface area contributed by atoms with Crippen LogP contribution in [0.15, 0.2) is 30.3 Å². The quantitative estimate of drug-likeness (QED) is 0.899. The molecule has 1 aromatic heterocycles. The van der Waals surface area contributed by atoms with Gasteiger partial charge in [0.1, 0.15) is 0 Å².